The van der Waals surface area contributed by atoms with E-state index >= 15 is 0 Å². The van der Waals surface area contributed by atoms with Crippen molar-refractivity contribution in [1.29, 1.82) is 0 Å². The number of hydrogen-bond donors (Lipinski definition) is 2. The summed E-state index contributed by atoms with van der Waals surface area (Å²) in [5, 5.41) is 6.74. The summed E-state index contributed by atoms with van der Waals surface area (Å²) in [5.74, 6) is -1.26. The number of imide groups is 1. The van der Waals surface area contributed by atoms with Crippen molar-refractivity contribution in [2.75, 3.05) is 26.2 Å². The zero-order valence-electron chi connectivity index (χ0n) is 18.0. The Morgan fingerprint density at radius 1 is 1.06 bits per heavy atom. The molecule has 0 saturated carbocycles. The Morgan fingerprint density at radius 3 is 2.41 bits per heavy atom. The molecular formula is C23H27N3O5S. The van der Waals surface area contributed by atoms with Crippen molar-refractivity contribution >= 4 is 35.2 Å². The third-order valence-electron chi connectivity index (χ3n) is 5.60. The number of likely N-dealkylation sites (tertiary alicyclic amines) is 1. The molecule has 1 aromatic heterocycles. The summed E-state index contributed by atoms with van der Waals surface area (Å²) in [5.41, 5.74) is -0.142. The first-order chi connectivity index (χ1) is 15.4. The summed E-state index contributed by atoms with van der Waals surface area (Å²) in [6.07, 6.45) is 1.48. The third-order valence-corrected chi connectivity index (χ3v) is 6.54. The van der Waals surface area contributed by atoms with E-state index < -0.39 is 29.9 Å². The molecule has 0 bridgehead atoms. The van der Waals surface area contributed by atoms with E-state index in [9.17, 15) is 19.2 Å². The number of ether oxygens (including phenoxy) is 1. The molecule has 2 N–H and O–H groups in total. The molecule has 4 amide bonds. The quantitative estimate of drug-likeness (QED) is 0.621. The SMILES string of the molecule is CC(=O)N1CCC(C(=O)OCC(=O)NC(=O)NCCc2cccs2)(c2ccccc2)CC1. The number of amides is 4. The summed E-state index contributed by atoms with van der Waals surface area (Å²) in [6, 6.07) is 12.5. The maximum Gasteiger partial charge on any atom is 0.321 e. The van der Waals surface area contributed by atoms with Crippen LogP contribution in [0.1, 0.15) is 30.2 Å². The standard InChI is InChI=1S/C23H27N3O5S/c1-17(27)26-13-10-23(11-14-26,18-6-3-2-4-7-18)21(29)31-16-20(28)25-22(30)24-12-9-19-8-5-15-32-19/h2-8,15H,9-14,16H2,1H3,(H2,24,25,28,30). The largest absolute Gasteiger partial charge is 0.455 e. The average Bonchev–Trinajstić information content (AvgIpc) is 3.31. The summed E-state index contributed by atoms with van der Waals surface area (Å²) in [7, 11) is 0. The average molecular weight is 458 g/mol. The minimum absolute atomic E-state index is 0.0375. The number of nitrogens with zero attached hydrogens (tertiary/aromatic N) is 1. The first-order valence-electron chi connectivity index (χ1n) is 10.5. The predicted octanol–water partition coefficient (Wildman–Crippen LogP) is 2.24. The molecule has 1 aliphatic heterocycles. The number of piperidine rings is 1. The Hall–Kier alpha value is -3.20. The minimum atomic E-state index is -0.934. The van der Waals surface area contributed by atoms with Crippen LogP contribution in [0.5, 0.6) is 0 Å². The van der Waals surface area contributed by atoms with Crippen molar-refractivity contribution in [3.05, 3.63) is 58.3 Å². The van der Waals surface area contributed by atoms with Gasteiger partial charge in [0.25, 0.3) is 5.91 Å². The van der Waals surface area contributed by atoms with Gasteiger partial charge in [-0.15, -0.1) is 11.3 Å². The fourth-order valence-electron chi connectivity index (χ4n) is 3.80. The molecule has 8 nitrogen and oxygen atoms in total. The fourth-order valence-corrected chi connectivity index (χ4v) is 4.51. The van der Waals surface area contributed by atoms with Crippen molar-refractivity contribution in [3.8, 4) is 0 Å². The molecule has 1 aromatic carbocycles. The topological polar surface area (TPSA) is 105 Å². The van der Waals surface area contributed by atoms with Crippen LogP contribution < -0.4 is 10.6 Å². The van der Waals surface area contributed by atoms with E-state index in [1.807, 2.05) is 47.8 Å². The predicted molar refractivity (Wildman–Crippen MR) is 120 cm³/mol. The molecule has 0 unspecified atom stereocenters. The number of rotatable bonds is 7. The maximum atomic E-state index is 13.1. The Bertz CT molecular complexity index is 938. The lowest BCUT2D eigenvalue weighted by atomic mass is 9.72. The molecule has 2 aromatic rings. The van der Waals surface area contributed by atoms with Gasteiger partial charge in [0.1, 0.15) is 0 Å². The number of esters is 1. The van der Waals surface area contributed by atoms with Gasteiger partial charge in [-0.2, -0.15) is 0 Å². The molecule has 170 valence electrons. The lowest BCUT2D eigenvalue weighted by Crippen LogP contribution is -2.50. The normalized spacial score (nSPS) is 15.0. The van der Waals surface area contributed by atoms with Crippen molar-refractivity contribution < 1.29 is 23.9 Å². The van der Waals surface area contributed by atoms with Gasteiger partial charge in [0.05, 0.1) is 5.41 Å². The van der Waals surface area contributed by atoms with Gasteiger partial charge in [0, 0.05) is 31.4 Å². The minimum Gasteiger partial charge on any atom is -0.455 e. The first-order valence-corrected chi connectivity index (χ1v) is 11.4. The van der Waals surface area contributed by atoms with E-state index in [1.165, 1.54) is 6.92 Å². The van der Waals surface area contributed by atoms with E-state index in [-0.39, 0.29) is 5.91 Å². The molecule has 0 atom stereocenters. The number of benzene rings is 1. The lowest BCUT2D eigenvalue weighted by molar-refractivity contribution is -0.157. The number of carbonyl (C=O) groups is 4. The highest BCUT2D eigenvalue weighted by atomic mass is 32.1. The molecular weight excluding hydrogens is 430 g/mol. The second-order valence-corrected chi connectivity index (χ2v) is 8.70. The van der Waals surface area contributed by atoms with Crippen molar-refractivity contribution in [2.24, 2.45) is 0 Å². The monoisotopic (exact) mass is 457 g/mol. The number of urea groups is 1. The van der Waals surface area contributed by atoms with Crippen molar-refractivity contribution in [2.45, 2.75) is 31.6 Å². The van der Waals surface area contributed by atoms with Gasteiger partial charge in [-0.25, -0.2) is 4.79 Å². The lowest BCUT2D eigenvalue weighted by Gasteiger charge is -2.40. The van der Waals surface area contributed by atoms with Crippen LogP contribution >= 0.6 is 11.3 Å². The summed E-state index contributed by atoms with van der Waals surface area (Å²) < 4.78 is 5.33. The van der Waals surface area contributed by atoms with Gasteiger partial charge >= 0.3 is 12.0 Å². The van der Waals surface area contributed by atoms with E-state index in [0.29, 0.717) is 38.9 Å². The second kappa shape index (κ2) is 10.9. The molecule has 1 aliphatic rings. The summed E-state index contributed by atoms with van der Waals surface area (Å²) in [4.78, 5) is 51.6. The van der Waals surface area contributed by atoms with E-state index in [2.05, 4.69) is 10.6 Å². The van der Waals surface area contributed by atoms with Gasteiger partial charge in [0.2, 0.25) is 5.91 Å². The van der Waals surface area contributed by atoms with E-state index in [4.69, 9.17) is 4.74 Å². The van der Waals surface area contributed by atoms with Crippen molar-refractivity contribution in [1.82, 2.24) is 15.5 Å². The van der Waals surface area contributed by atoms with Crippen LogP contribution in [0.2, 0.25) is 0 Å². The zero-order chi connectivity index (χ0) is 23.0. The van der Waals surface area contributed by atoms with Crippen LogP contribution in [0.4, 0.5) is 4.79 Å². The van der Waals surface area contributed by atoms with Crippen LogP contribution in [0, 0.1) is 0 Å². The van der Waals surface area contributed by atoms with Crippen LogP contribution in [-0.4, -0.2) is 55.0 Å². The summed E-state index contributed by atoms with van der Waals surface area (Å²) >= 11 is 1.59. The number of carbonyl (C=O) groups excluding carboxylic acids is 4. The highest BCUT2D eigenvalue weighted by Gasteiger charge is 2.44. The van der Waals surface area contributed by atoms with Gasteiger partial charge in [-0.3, -0.25) is 19.7 Å². The van der Waals surface area contributed by atoms with E-state index in [0.717, 1.165) is 10.4 Å². The zero-order valence-corrected chi connectivity index (χ0v) is 18.8. The smallest absolute Gasteiger partial charge is 0.321 e. The van der Waals surface area contributed by atoms with Crippen LogP contribution in [-0.2, 0) is 31.0 Å². The molecule has 0 radical (unpaired) electrons. The number of thiophene rings is 1. The Balaban J connectivity index is 1.53. The molecule has 9 heteroatoms. The number of nitrogens with one attached hydrogen (secondary N) is 2. The van der Waals surface area contributed by atoms with Crippen LogP contribution in [0.3, 0.4) is 0 Å². The van der Waals surface area contributed by atoms with Crippen LogP contribution in [0.25, 0.3) is 0 Å². The van der Waals surface area contributed by atoms with Gasteiger partial charge in [-0.05, 0) is 36.3 Å². The highest BCUT2D eigenvalue weighted by Crippen LogP contribution is 2.37. The van der Waals surface area contributed by atoms with Crippen LogP contribution in [0.15, 0.2) is 47.8 Å². The molecule has 0 aliphatic carbocycles. The molecule has 0 spiro atoms. The molecule has 2 heterocycles. The Morgan fingerprint density at radius 2 is 1.78 bits per heavy atom. The fraction of sp³-hybridized carbons (Fsp3) is 0.391. The Labute approximate surface area is 190 Å². The second-order valence-electron chi connectivity index (χ2n) is 7.66. The number of hydrogen-bond acceptors (Lipinski definition) is 6. The molecule has 1 fully saturated rings. The van der Waals surface area contributed by atoms with Gasteiger partial charge in [-0.1, -0.05) is 36.4 Å². The third kappa shape index (κ3) is 5.94. The van der Waals surface area contributed by atoms with Gasteiger partial charge in [0.15, 0.2) is 6.61 Å². The maximum absolute atomic E-state index is 13.1. The highest BCUT2D eigenvalue weighted by molar-refractivity contribution is 7.09. The van der Waals surface area contributed by atoms with Gasteiger partial charge < -0.3 is 15.0 Å². The van der Waals surface area contributed by atoms with E-state index in [1.54, 1.807) is 16.2 Å². The molecule has 1 saturated heterocycles. The molecule has 32 heavy (non-hydrogen) atoms. The first kappa shape index (κ1) is 23.5. The molecule has 3 rings (SSSR count). The summed E-state index contributed by atoms with van der Waals surface area (Å²) in [6.45, 7) is 2.20. The van der Waals surface area contributed by atoms with Crippen molar-refractivity contribution in [3.63, 3.8) is 0 Å². The Kier molecular flexibility index (Phi) is 7.99.